The van der Waals surface area contributed by atoms with Crippen molar-refractivity contribution >= 4 is 22.5 Å². The van der Waals surface area contributed by atoms with Gasteiger partial charge in [0.2, 0.25) is 5.91 Å². The van der Waals surface area contributed by atoms with Gasteiger partial charge in [-0.15, -0.1) is 0 Å². The van der Waals surface area contributed by atoms with Gasteiger partial charge in [-0.25, -0.2) is 4.98 Å². The number of benzene rings is 2. The Hall–Kier alpha value is -2.95. The maximum Gasteiger partial charge on any atom is 0.261 e. The van der Waals surface area contributed by atoms with E-state index in [4.69, 9.17) is 0 Å². The molecule has 0 bridgehead atoms. The highest BCUT2D eigenvalue weighted by Crippen LogP contribution is 2.16. The lowest BCUT2D eigenvalue weighted by atomic mass is 10.1. The zero-order valence-corrected chi connectivity index (χ0v) is 14.0. The molecule has 5 nitrogen and oxygen atoms in total. The third-order valence-electron chi connectivity index (χ3n) is 4.04. The van der Waals surface area contributed by atoms with Crippen molar-refractivity contribution in [1.82, 2.24) is 9.55 Å². The van der Waals surface area contributed by atoms with Gasteiger partial charge in [-0.2, -0.15) is 0 Å². The van der Waals surface area contributed by atoms with Crippen LogP contribution >= 0.6 is 0 Å². The number of amides is 1. The number of rotatable bonds is 3. The number of hydrogen-bond acceptors (Lipinski definition) is 3. The number of aryl methyl sites for hydroxylation is 3. The molecule has 0 atom stereocenters. The Kier molecular flexibility index (Phi) is 4.16. The third-order valence-corrected chi connectivity index (χ3v) is 4.04. The first-order valence-electron chi connectivity index (χ1n) is 7.77. The highest BCUT2D eigenvalue weighted by Gasteiger charge is 2.10. The van der Waals surface area contributed by atoms with Crippen LogP contribution in [0.2, 0.25) is 0 Å². The number of anilines is 1. The van der Waals surface area contributed by atoms with Gasteiger partial charge in [0.05, 0.1) is 17.2 Å². The number of fused-ring (bicyclic) bond motifs is 1. The molecule has 2 aromatic carbocycles. The van der Waals surface area contributed by atoms with Gasteiger partial charge in [0, 0.05) is 5.69 Å². The van der Waals surface area contributed by atoms with E-state index in [0.717, 1.165) is 22.4 Å². The van der Waals surface area contributed by atoms with Gasteiger partial charge in [-0.05, 0) is 49.6 Å². The van der Waals surface area contributed by atoms with Gasteiger partial charge in [-0.3, -0.25) is 14.2 Å². The highest BCUT2D eigenvalue weighted by molar-refractivity contribution is 5.91. The predicted molar refractivity (Wildman–Crippen MR) is 95.3 cm³/mol. The number of hydrogen-bond donors (Lipinski definition) is 1. The monoisotopic (exact) mass is 321 g/mol. The van der Waals surface area contributed by atoms with E-state index in [9.17, 15) is 9.59 Å². The number of carbonyl (C=O) groups excluding carboxylic acids is 1. The summed E-state index contributed by atoms with van der Waals surface area (Å²) in [5.74, 6) is -0.250. The van der Waals surface area contributed by atoms with Crippen molar-refractivity contribution in [1.29, 1.82) is 0 Å². The van der Waals surface area contributed by atoms with Gasteiger partial charge in [-0.1, -0.05) is 24.3 Å². The minimum Gasteiger partial charge on any atom is -0.324 e. The van der Waals surface area contributed by atoms with Crippen molar-refractivity contribution in [3.8, 4) is 0 Å². The third kappa shape index (κ3) is 3.06. The summed E-state index contributed by atoms with van der Waals surface area (Å²) in [5, 5.41) is 3.38. The normalized spacial score (nSPS) is 10.8. The van der Waals surface area contributed by atoms with E-state index in [-0.39, 0.29) is 18.0 Å². The maximum absolute atomic E-state index is 12.5. The van der Waals surface area contributed by atoms with E-state index in [2.05, 4.69) is 10.3 Å². The second kappa shape index (κ2) is 6.28. The second-order valence-electron chi connectivity index (χ2n) is 6.02. The zero-order chi connectivity index (χ0) is 17.3. The number of aromatic nitrogens is 2. The summed E-state index contributed by atoms with van der Waals surface area (Å²) in [6.45, 7) is 5.74. The maximum atomic E-state index is 12.5. The fourth-order valence-corrected chi connectivity index (χ4v) is 2.67. The molecular formula is C19H19N3O2. The molecule has 3 rings (SSSR count). The Morgan fingerprint density at radius 3 is 2.71 bits per heavy atom. The van der Waals surface area contributed by atoms with Crippen molar-refractivity contribution in [3.05, 3.63) is 69.8 Å². The molecule has 0 aliphatic carbocycles. The number of nitrogens with one attached hydrogen (secondary N) is 1. The molecule has 122 valence electrons. The Bertz CT molecular complexity index is 990. The van der Waals surface area contributed by atoms with Gasteiger partial charge in [0.1, 0.15) is 6.54 Å². The first-order valence-corrected chi connectivity index (χ1v) is 7.77. The van der Waals surface area contributed by atoms with Crippen LogP contribution in [0.5, 0.6) is 0 Å². The largest absolute Gasteiger partial charge is 0.324 e. The molecule has 3 aromatic rings. The SMILES string of the molecule is Cc1ccc(C)c(NC(=O)Cn2cnc3c(C)cccc3c2=O)c1. The van der Waals surface area contributed by atoms with Gasteiger partial charge in [0.15, 0.2) is 0 Å². The van der Waals surface area contributed by atoms with Crippen LogP contribution in [0, 0.1) is 20.8 Å². The molecule has 0 spiro atoms. The van der Waals surface area contributed by atoms with Crippen LogP contribution in [0.4, 0.5) is 5.69 Å². The summed E-state index contributed by atoms with van der Waals surface area (Å²) in [7, 11) is 0. The number of carbonyl (C=O) groups is 1. The predicted octanol–water partition coefficient (Wildman–Crippen LogP) is 2.96. The Morgan fingerprint density at radius 1 is 1.12 bits per heavy atom. The fraction of sp³-hybridized carbons (Fsp3) is 0.211. The number of nitrogens with zero attached hydrogens (tertiary/aromatic N) is 2. The van der Waals surface area contributed by atoms with Crippen LogP contribution in [0.25, 0.3) is 10.9 Å². The molecule has 1 aromatic heterocycles. The summed E-state index contributed by atoms with van der Waals surface area (Å²) < 4.78 is 1.34. The van der Waals surface area contributed by atoms with Crippen LogP contribution in [0.3, 0.4) is 0 Å². The van der Waals surface area contributed by atoms with Crippen LogP contribution in [-0.2, 0) is 11.3 Å². The average Bonchev–Trinajstić information content (AvgIpc) is 2.54. The lowest BCUT2D eigenvalue weighted by molar-refractivity contribution is -0.116. The molecule has 24 heavy (non-hydrogen) atoms. The molecule has 0 aliphatic rings. The van der Waals surface area contributed by atoms with Gasteiger partial charge in [0.25, 0.3) is 5.56 Å². The molecule has 1 heterocycles. The molecule has 0 aliphatic heterocycles. The number of para-hydroxylation sites is 1. The van der Waals surface area contributed by atoms with Crippen LogP contribution in [0.15, 0.2) is 47.5 Å². The van der Waals surface area contributed by atoms with E-state index in [0.29, 0.717) is 10.9 Å². The summed E-state index contributed by atoms with van der Waals surface area (Å²) in [5.41, 5.74) is 4.22. The summed E-state index contributed by atoms with van der Waals surface area (Å²) in [4.78, 5) is 29.2. The summed E-state index contributed by atoms with van der Waals surface area (Å²) >= 11 is 0. The molecule has 5 heteroatoms. The molecule has 0 radical (unpaired) electrons. The van der Waals surface area contributed by atoms with Crippen molar-refractivity contribution in [3.63, 3.8) is 0 Å². The van der Waals surface area contributed by atoms with E-state index in [1.54, 1.807) is 6.07 Å². The topological polar surface area (TPSA) is 64.0 Å². The summed E-state index contributed by atoms with van der Waals surface area (Å²) in [6.07, 6.45) is 1.43. The minimum absolute atomic E-state index is 0.0664. The lowest BCUT2D eigenvalue weighted by Gasteiger charge is -2.11. The smallest absolute Gasteiger partial charge is 0.261 e. The highest BCUT2D eigenvalue weighted by atomic mass is 16.2. The minimum atomic E-state index is -0.250. The van der Waals surface area contributed by atoms with Crippen molar-refractivity contribution in [2.24, 2.45) is 0 Å². The second-order valence-corrected chi connectivity index (χ2v) is 6.02. The van der Waals surface area contributed by atoms with Gasteiger partial charge < -0.3 is 5.32 Å². The Balaban J connectivity index is 1.87. The summed E-state index contributed by atoms with van der Waals surface area (Å²) in [6, 6.07) is 11.3. The molecule has 0 unspecified atom stereocenters. The van der Waals surface area contributed by atoms with Gasteiger partial charge >= 0.3 is 0 Å². The van der Waals surface area contributed by atoms with Crippen LogP contribution < -0.4 is 10.9 Å². The molecule has 1 N–H and O–H groups in total. The first kappa shape index (κ1) is 15.9. The van der Waals surface area contributed by atoms with Crippen molar-refractivity contribution in [2.45, 2.75) is 27.3 Å². The quantitative estimate of drug-likeness (QED) is 0.806. The molecule has 1 amide bonds. The molecular weight excluding hydrogens is 302 g/mol. The van der Waals surface area contributed by atoms with E-state index in [1.165, 1.54) is 10.9 Å². The molecule has 0 saturated carbocycles. The lowest BCUT2D eigenvalue weighted by Crippen LogP contribution is -2.28. The zero-order valence-electron chi connectivity index (χ0n) is 14.0. The average molecular weight is 321 g/mol. The fourth-order valence-electron chi connectivity index (χ4n) is 2.67. The molecule has 0 fully saturated rings. The van der Waals surface area contributed by atoms with E-state index >= 15 is 0 Å². The van der Waals surface area contributed by atoms with Crippen LogP contribution in [0.1, 0.15) is 16.7 Å². The standard InChI is InChI=1S/C19H19N3O2/c1-12-7-8-13(2)16(9-12)21-17(23)10-22-11-20-18-14(3)5-4-6-15(18)19(22)24/h4-9,11H,10H2,1-3H3,(H,21,23). The van der Waals surface area contributed by atoms with Crippen LogP contribution in [-0.4, -0.2) is 15.5 Å². The first-order chi connectivity index (χ1) is 11.5. The molecule has 0 saturated heterocycles. The Labute approximate surface area is 140 Å². The van der Waals surface area contributed by atoms with E-state index in [1.807, 2.05) is 51.1 Å². The van der Waals surface area contributed by atoms with E-state index < -0.39 is 0 Å². The Morgan fingerprint density at radius 2 is 1.92 bits per heavy atom. The van der Waals surface area contributed by atoms with Crippen molar-refractivity contribution < 1.29 is 4.79 Å². The van der Waals surface area contributed by atoms with Crippen molar-refractivity contribution in [2.75, 3.05) is 5.32 Å².